The summed E-state index contributed by atoms with van der Waals surface area (Å²) < 4.78 is 0. The van der Waals surface area contributed by atoms with Crippen molar-refractivity contribution in [3.8, 4) is 55.9 Å². The van der Waals surface area contributed by atoms with E-state index in [2.05, 4.69) is 146 Å². The van der Waals surface area contributed by atoms with Crippen molar-refractivity contribution < 1.29 is 0 Å². The molecular weight excluding hydrogens is 631 g/mol. The lowest BCUT2D eigenvalue weighted by molar-refractivity contribution is 1.30. The Hall–Kier alpha value is -6.97. The van der Waals surface area contributed by atoms with E-state index < -0.39 is 0 Å². The van der Waals surface area contributed by atoms with Gasteiger partial charge >= 0.3 is 0 Å². The monoisotopic (exact) mass is 661 g/mol. The lowest BCUT2D eigenvalue weighted by Gasteiger charge is -2.16. The van der Waals surface area contributed by atoms with Gasteiger partial charge in [0.15, 0.2) is 0 Å². The molecule has 0 radical (unpaired) electrons. The van der Waals surface area contributed by atoms with Gasteiger partial charge in [0, 0.05) is 28.1 Å². The summed E-state index contributed by atoms with van der Waals surface area (Å²) in [6, 6.07) is 64.3. The number of pyridine rings is 1. The van der Waals surface area contributed by atoms with Gasteiger partial charge in [0.2, 0.25) is 0 Å². The average Bonchev–Trinajstić information content (AvgIpc) is 3.23. The first-order valence-corrected chi connectivity index (χ1v) is 17.6. The molecule has 3 nitrogen and oxygen atoms in total. The number of benzene rings is 8. The Morgan fingerprint density at radius 3 is 1.58 bits per heavy atom. The average molecular weight is 662 g/mol. The highest BCUT2D eigenvalue weighted by Crippen LogP contribution is 2.40. The first kappa shape index (κ1) is 29.9. The van der Waals surface area contributed by atoms with E-state index in [9.17, 15) is 0 Å². The summed E-state index contributed by atoms with van der Waals surface area (Å²) >= 11 is 0. The van der Waals surface area contributed by atoms with E-state index in [1.54, 1.807) is 0 Å². The standard InChI is InChI=1S/C49H31N3/c1-2-10-32(11-3-1)33-19-25-37(26-20-33)48-49(52-46-18-7-6-17-45(46)51-48)44-30-29-39(40-13-4-5-14-41(40)44)35-23-21-34(22-24-35)38-15-8-16-43-42(38)28-27-36-12-9-31-50-47(36)43/h1-31H. The van der Waals surface area contributed by atoms with E-state index in [1.165, 1.54) is 49.5 Å². The third-order valence-corrected chi connectivity index (χ3v) is 10.2. The van der Waals surface area contributed by atoms with Gasteiger partial charge in [0.25, 0.3) is 0 Å². The smallest absolute Gasteiger partial charge is 0.0979 e. The maximum atomic E-state index is 5.28. The van der Waals surface area contributed by atoms with Crippen LogP contribution in [0.2, 0.25) is 0 Å². The number of hydrogen-bond acceptors (Lipinski definition) is 3. The molecule has 0 bridgehead atoms. The molecule has 0 spiro atoms. The molecule has 0 amide bonds. The Bertz CT molecular complexity index is 2930. The quantitative estimate of drug-likeness (QED) is 0.172. The highest BCUT2D eigenvalue weighted by Gasteiger charge is 2.18. The second-order valence-electron chi connectivity index (χ2n) is 13.2. The molecule has 0 aliphatic heterocycles. The van der Waals surface area contributed by atoms with Gasteiger partial charge in [0.05, 0.1) is 27.9 Å². The fraction of sp³-hybridized carbons (Fsp3) is 0. The largest absolute Gasteiger partial charge is 0.256 e. The molecule has 2 aromatic heterocycles. The summed E-state index contributed by atoms with van der Waals surface area (Å²) in [6.45, 7) is 0. The second-order valence-corrected chi connectivity index (χ2v) is 13.2. The third kappa shape index (κ3) is 5.10. The maximum absolute atomic E-state index is 5.28. The number of rotatable bonds is 5. The fourth-order valence-electron chi connectivity index (χ4n) is 7.58. The van der Waals surface area contributed by atoms with Crippen LogP contribution in [0.25, 0.3) is 99.4 Å². The van der Waals surface area contributed by atoms with Crippen molar-refractivity contribution in [2.75, 3.05) is 0 Å². The second kappa shape index (κ2) is 12.4. The molecule has 0 fully saturated rings. The number of nitrogens with zero attached hydrogens (tertiary/aromatic N) is 3. The van der Waals surface area contributed by atoms with E-state index in [4.69, 9.17) is 15.0 Å². The summed E-state index contributed by atoms with van der Waals surface area (Å²) in [5.74, 6) is 0. The number of fused-ring (bicyclic) bond motifs is 5. The zero-order valence-electron chi connectivity index (χ0n) is 28.2. The number of para-hydroxylation sites is 2. The molecule has 2 heterocycles. The fourth-order valence-corrected chi connectivity index (χ4v) is 7.58. The van der Waals surface area contributed by atoms with Crippen molar-refractivity contribution in [2.24, 2.45) is 0 Å². The van der Waals surface area contributed by atoms with E-state index in [-0.39, 0.29) is 0 Å². The predicted octanol–water partition coefficient (Wildman–Crippen LogP) is 12.8. The van der Waals surface area contributed by atoms with Crippen molar-refractivity contribution in [3.05, 3.63) is 188 Å². The van der Waals surface area contributed by atoms with Gasteiger partial charge in [-0.3, -0.25) is 4.98 Å². The van der Waals surface area contributed by atoms with Crippen LogP contribution in [0.4, 0.5) is 0 Å². The summed E-state index contributed by atoms with van der Waals surface area (Å²) in [5.41, 5.74) is 13.7. The van der Waals surface area contributed by atoms with Crippen molar-refractivity contribution in [1.29, 1.82) is 0 Å². The number of aromatic nitrogens is 3. The maximum Gasteiger partial charge on any atom is 0.0979 e. The van der Waals surface area contributed by atoms with Crippen LogP contribution in [0, 0.1) is 0 Å². The van der Waals surface area contributed by atoms with E-state index in [0.717, 1.165) is 49.8 Å². The summed E-state index contributed by atoms with van der Waals surface area (Å²) in [4.78, 5) is 15.2. The molecule has 0 aliphatic carbocycles. The van der Waals surface area contributed by atoms with Gasteiger partial charge in [-0.15, -0.1) is 0 Å². The van der Waals surface area contributed by atoms with Crippen LogP contribution in [0.3, 0.4) is 0 Å². The van der Waals surface area contributed by atoms with Gasteiger partial charge in [-0.05, 0) is 67.7 Å². The lowest BCUT2D eigenvalue weighted by Crippen LogP contribution is -1.97. The van der Waals surface area contributed by atoms with Gasteiger partial charge < -0.3 is 0 Å². The summed E-state index contributed by atoms with van der Waals surface area (Å²) in [6.07, 6.45) is 1.87. The lowest BCUT2D eigenvalue weighted by atomic mass is 9.91. The minimum atomic E-state index is 0.874. The molecule has 0 unspecified atom stereocenters. The van der Waals surface area contributed by atoms with Gasteiger partial charge in [-0.25, -0.2) is 9.97 Å². The van der Waals surface area contributed by atoms with Crippen LogP contribution in [0.5, 0.6) is 0 Å². The van der Waals surface area contributed by atoms with E-state index in [1.807, 2.05) is 42.6 Å². The topological polar surface area (TPSA) is 38.7 Å². The SMILES string of the molecule is c1ccc(-c2ccc(-c3nc4ccccc4nc3-c3ccc(-c4ccc(-c5cccc6c5ccc5cccnc56)cc4)c4ccccc34)cc2)cc1. The van der Waals surface area contributed by atoms with Gasteiger partial charge in [0.1, 0.15) is 0 Å². The molecule has 0 saturated carbocycles. The van der Waals surface area contributed by atoms with Gasteiger partial charge in [-0.2, -0.15) is 0 Å². The first-order chi connectivity index (χ1) is 25.8. The Labute approximate surface area is 301 Å². The Morgan fingerprint density at radius 2 is 0.827 bits per heavy atom. The van der Waals surface area contributed by atoms with Crippen LogP contribution < -0.4 is 0 Å². The normalized spacial score (nSPS) is 11.5. The number of hydrogen-bond donors (Lipinski definition) is 0. The third-order valence-electron chi connectivity index (χ3n) is 10.2. The zero-order chi connectivity index (χ0) is 34.4. The van der Waals surface area contributed by atoms with Crippen LogP contribution in [0.15, 0.2) is 188 Å². The molecule has 242 valence electrons. The molecule has 10 aromatic rings. The van der Waals surface area contributed by atoms with Crippen LogP contribution in [-0.4, -0.2) is 15.0 Å². The molecule has 52 heavy (non-hydrogen) atoms. The molecule has 3 heteroatoms. The van der Waals surface area contributed by atoms with Crippen molar-refractivity contribution in [2.45, 2.75) is 0 Å². The molecular formula is C49H31N3. The first-order valence-electron chi connectivity index (χ1n) is 17.6. The molecule has 10 rings (SSSR count). The van der Waals surface area contributed by atoms with Crippen LogP contribution in [-0.2, 0) is 0 Å². The van der Waals surface area contributed by atoms with E-state index in [0.29, 0.717) is 0 Å². The van der Waals surface area contributed by atoms with Crippen molar-refractivity contribution >= 4 is 43.5 Å². The molecule has 0 saturated heterocycles. The predicted molar refractivity (Wildman–Crippen MR) is 217 cm³/mol. The summed E-state index contributed by atoms with van der Waals surface area (Å²) in [7, 11) is 0. The molecule has 0 atom stereocenters. The Balaban J connectivity index is 1.08. The Kier molecular flexibility index (Phi) is 7.14. The minimum absolute atomic E-state index is 0.874. The minimum Gasteiger partial charge on any atom is -0.256 e. The molecule has 0 aliphatic rings. The van der Waals surface area contributed by atoms with E-state index >= 15 is 0 Å². The summed E-state index contributed by atoms with van der Waals surface area (Å²) in [5, 5.41) is 5.85. The van der Waals surface area contributed by atoms with Crippen molar-refractivity contribution in [1.82, 2.24) is 15.0 Å². The zero-order valence-corrected chi connectivity index (χ0v) is 28.2. The van der Waals surface area contributed by atoms with Crippen LogP contribution >= 0.6 is 0 Å². The van der Waals surface area contributed by atoms with Gasteiger partial charge in [-0.1, -0.05) is 164 Å². The van der Waals surface area contributed by atoms with Crippen molar-refractivity contribution in [3.63, 3.8) is 0 Å². The molecule has 0 N–H and O–H groups in total. The van der Waals surface area contributed by atoms with Crippen LogP contribution in [0.1, 0.15) is 0 Å². The molecule has 8 aromatic carbocycles. The Morgan fingerprint density at radius 1 is 0.288 bits per heavy atom. The highest BCUT2D eigenvalue weighted by atomic mass is 14.8. The highest BCUT2D eigenvalue weighted by molar-refractivity contribution is 6.11.